The highest BCUT2D eigenvalue weighted by molar-refractivity contribution is 5.62. The Morgan fingerprint density at radius 1 is 1.17 bits per heavy atom. The minimum atomic E-state index is -0.375. The molecule has 0 aliphatic rings. The number of hydrogen-bond acceptors (Lipinski definition) is 3. The van der Waals surface area contributed by atoms with E-state index in [9.17, 15) is 9.18 Å². The first-order valence-electron chi connectivity index (χ1n) is 7.43. The van der Waals surface area contributed by atoms with Gasteiger partial charge in [-0.3, -0.25) is 9.08 Å². The van der Waals surface area contributed by atoms with Crippen LogP contribution in [0, 0.1) is 5.82 Å². The molecule has 3 heterocycles. The van der Waals surface area contributed by atoms with Crippen LogP contribution < -0.4 is 5.69 Å². The maximum absolute atomic E-state index is 14.4. The average Bonchev–Trinajstić information content (AvgIpc) is 3.14. The van der Waals surface area contributed by atoms with Gasteiger partial charge in [0, 0.05) is 30.6 Å². The molecule has 0 fully saturated rings. The van der Waals surface area contributed by atoms with E-state index in [1.54, 1.807) is 41.3 Å². The number of nitrogens with zero attached hydrogens (tertiary/aromatic N) is 5. The van der Waals surface area contributed by atoms with Crippen molar-refractivity contribution < 1.29 is 4.39 Å². The minimum Gasteiger partial charge on any atom is -0.275 e. The van der Waals surface area contributed by atoms with Crippen molar-refractivity contribution in [2.75, 3.05) is 0 Å². The quantitative estimate of drug-likeness (QED) is 0.580. The topological polar surface area (TPSA) is 57.1 Å². The highest BCUT2D eigenvalue weighted by Crippen LogP contribution is 2.21. The van der Waals surface area contributed by atoms with Crippen molar-refractivity contribution in [2.24, 2.45) is 7.05 Å². The summed E-state index contributed by atoms with van der Waals surface area (Å²) >= 11 is 0. The van der Waals surface area contributed by atoms with Gasteiger partial charge in [0.2, 0.25) is 0 Å². The summed E-state index contributed by atoms with van der Waals surface area (Å²) in [7, 11) is 1.81. The fraction of sp³-hybridized carbons (Fsp3) is 0.118. The summed E-state index contributed by atoms with van der Waals surface area (Å²) < 4.78 is 18.8. The molecule has 7 heteroatoms. The first-order chi connectivity index (χ1) is 11.6. The standard InChI is InChI=1S/C17H14FN5O/c1-21-10-14(9-19-21)12-5-6-13(15(18)8-12)11-23-17(24)22-7-3-2-4-16(22)20-23/h2-10H,11H2,1H3. The van der Waals surface area contributed by atoms with Gasteiger partial charge in [0.05, 0.1) is 12.7 Å². The fourth-order valence-corrected chi connectivity index (χ4v) is 2.66. The summed E-state index contributed by atoms with van der Waals surface area (Å²) in [5.74, 6) is -0.375. The molecule has 24 heavy (non-hydrogen) atoms. The minimum absolute atomic E-state index is 0.0830. The smallest absolute Gasteiger partial charge is 0.275 e. The van der Waals surface area contributed by atoms with Crippen LogP contribution in [0.15, 0.2) is 59.8 Å². The van der Waals surface area contributed by atoms with Crippen LogP contribution in [0.4, 0.5) is 4.39 Å². The van der Waals surface area contributed by atoms with E-state index in [-0.39, 0.29) is 18.1 Å². The van der Waals surface area contributed by atoms with Gasteiger partial charge in [-0.05, 0) is 23.8 Å². The molecule has 120 valence electrons. The summed E-state index contributed by atoms with van der Waals surface area (Å²) in [5.41, 5.74) is 2.24. The van der Waals surface area contributed by atoms with Crippen molar-refractivity contribution in [3.8, 4) is 11.1 Å². The molecule has 3 aromatic heterocycles. The van der Waals surface area contributed by atoms with Crippen molar-refractivity contribution >= 4 is 5.65 Å². The molecule has 0 aliphatic heterocycles. The Balaban J connectivity index is 1.69. The highest BCUT2D eigenvalue weighted by atomic mass is 19.1. The zero-order valence-corrected chi connectivity index (χ0v) is 12.9. The van der Waals surface area contributed by atoms with Crippen LogP contribution in [-0.4, -0.2) is 24.0 Å². The molecule has 6 nitrogen and oxygen atoms in total. The molecule has 0 aliphatic carbocycles. The summed E-state index contributed by atoms with van der Waals surface area (Å²) in [6.45, 7) is 0.0830. The monoisotopic (exact) mass is 323 g/mol. The maximum Gasteiger partial charge on any atom is 0.350 e. The number of fused-ring (bicyclic) bond motifs is 1. The molecular weight excluding hydrogens is 309 g/mol. The molecule has 4 rings (SSSR count). The SMILES string of the molecule is Cn1cc(-c2ccc(Cn3nc4ccccn4c3=O)c(F)c2)cn1. The summed E-state index contributed by atoms with van der Waals surface area (Å²) in [5, 5.41) is 8.30. The Labute approximate surface area is 136 Å². The Morgan fingerprint density at radius 3 is 2.75 bits per heavy atom. The van der Waals surface area contributed by atoms with Gasteiger partial charge in [0.25, 0.3) is 0 Å². The van der Waals surface area contributed by atoms with E-state index >= 15 is 0 Å². The lowest BCUT2D eigenvalue weighted by molar-refractivity contribution is 0.578. The van der Waals surface area contributed by atoms with E-state index in [2.05, 4.69) is 10.2 Å². The first kappa shape index (κ1) is 14.4. The van der Waals surface area contributed by atoms with Crippen LogP contribution in [0.1, 0.15) is 5.56 Å². The van der Waals surface area contributed by atoms with Gasteiger partial charge in [-0.1, -0.05) is 18.2 Å². The zero-order valence-electron chi connectivity index (χ0n) is 12.9. The number of benzene rings is 1. The van der Waals surface area contributed by atoms with Crippen LogP contribution >= 0.6 is 0 Å². The molecule has 0 atom stereocenters. The molecule has 0 bridgehead atoms. The van der Waals surface area contributed by atoms with Crippen molar-refractivity contribution in [3.63, 3.8) is 0 Å². The third kappa shape index (κ3) is 2.40. The summed E-state index contributed by atoms with van der Waals surface area (Å²) in [6, 6.07) is 10.2. The molecule has 0 N–H and O–H groups in total. The van der Waals surface area contributed by atoms with Crippen LogP contribution in [0.25, 0.3) is 16.8 Å². The van der Waals surface area contributed by atoms with Crippen molar-refractivity contribution in [3.05, 3.63) is 76.9 Å². The van der Waals surface area contributed by atoms with Crippen molar-refractivity contribution in [1.82, 2.24) is 24.0 Å². The fourth-order valence-electron chi connectivity index (χ4n) is 2.66. The third-order valence-corrected chi connectivity index (χ3v) is 3.90. The van der Waals surface area contributed by atoms with Crippen LogP contribution in [0.3, 0.4) is 0 Å². The molecule has 0 saturated heterocycles. The van der Waals surface area contributed by atoms with Gasteiger partial charge in [0.1, 0.15) is 5.82 Å². The number of rotatable bonds is 3. The largest absolute Gasteiger partial charge is 0.350 e. The van der Waals surface area contributed by atoms with Gasteiger partial charge in [-0.2, -0.15) is 5.10 Å². The van der Waals surface area contributed by atoms with Gasteiger partial charge in [-0.25, -0.2) is 13.9 Å². The summed E-state index contributed by atoms with van der Waals surface area (Å²) in [6.07, 6.45) is 5.14. The average molecular weight is 323 g/mol. The van der Waals surface area contributed by atoms with E-state index in [1.165, 1.54) is 15.1 Å². The maximum atomic E-state index is 14.4. The highest BCUT2D eigenvalue weighted by Gasteiger charge is 2.11. The lowest BCUT2D eigenvalue weighted by Gasteiger charge is -2.05. The Hall–Kier alpha value is -3.22. The second-order valence-electron chi connectivity index (χ2n) is 5.58. The summed E-state index contributed by atoms with van der Waals surface area (Å²) in [4.78, 5) is 12.3. The van der Waals surface area contributed by atoms with Gasteiger partial charge < -0.3 is 0 Å². The van der Waals surface area contributed by atoms with Crippen molar-refractivity contribution in [2.45, 2.75) is 6.54 Å². The second kappa shape index (κ2) is 5.45. The van der Waals surface area contributed by atoms with Crippen LogP contribution in [-0.2, 0) is 13.6 Å². The predicted octanol–water partition coefficient (Wildman–Crippen LogP) is 2.08. The van der Waals surface area contributed by atoms with E-state index < -0.39 is 0 Å². The van der Waals surface area contributed by atoms with Crippen molar-refractivity contribution in [1.29, 1.82) is 0 Å². The van der Waals surface area contributed by atoms with Gasteiger partial charge in [-0.15, -0.1) is 5.10 Å². The van der Waals surface area contributed by atoms with Crippen LogP contribution in [0.2, 0.25) is 0 Å². The second-order valence-corrected chi connectivity index (χ2v) is 5.58. The Morgan fingerprint density at radius 2 is 2.04 bits per heavy atom. The van der Waals surface area contributed by atoms with E-state index in [0.29, 0.717) is 11.2 Å². The third-order valence-electron chi connectivity index (χ3n) is 3.90. The van der Waals surface area contributed by atoms with Gasteiger partial charge in [0.15, 0.2) is 5.65 Å². The molecule has 1 aromatic carbocycles. The zero-order chi connectivity index (χ0) is 16.7. The number of pyridine rings is 1. The van der Waals surface area contributed by atoms with E-state index in [0.717, 1.165) is 11.1 Å². The number of halogens is 1. The lowest BCUT2D eigenvalue weighted by atomic mass is 10.1. The predicted molar refractivity (Wildman–Crippen MR) is 87.2 cm³/mol. The Kier molecular flexibility index (Phi) is 3.26. The molecule has 0 unspecified atom stereocenters. The molecule has 0 radical (unpaired) electrons. The number of aryl methyl sites for hydroxylation is 1. The number of aromatic nitrogens is 5. The first-order valence-corrected chi connectivity index (χ1v) is 7.43. The van der Waals surface area contributed by atoms with Gasteiger partial charge >= 0.3 is 5.69 Å². The normalized spacial score (nSPS) is 11.2. The molecule has 0 amide bonds. The Bertz CT molecular complexity index is 1090. The molecule has 0 spiro atoms. The van der Waals surface area contributed by atoms with E-state index in [4.69, 9.17) is 0 Å². The molecular formula is C17H14FN5O. The lowest BCUT2D eigenvalue weighted by Crippen LogP contribution is -2.22. The van der Waals surface area contributed by atoms with Crippen LogP contribution in [0.5, 0.6) is 0 Å². The van der Waals surface area contributed by atoms with E-state index in [1.807, 2.05) is 19.3 Å². The molecule has 0 saturated carbocycles. The molecule has 4 aromatic rings. The number of hydrogen-bond donors (Lipinski definition) is 0.